The zero-order valence-corrected chi connectivity index (χ0v) is 77.8. The number of rotatable bonds is 52. The van der Waals surface area contributed by atoms with E-state index in [1.54, 1.807) is 75.3 Å². The number of amides is 13. The van der Waals surface area contributed by atoms with Crippen molar-refractivity contribution in [1.29, 1.82) is 0 Å². The van der Waals surface area contributed by atoms with Crippen LogP contribution < -0.4 is 68.8 Å². The van der Waals surface area contributed by atoms with Crippen LogP contribution >= 0.6 is 0 Å². The quantitative estimate of drug-likeness (QED) is 0.0110. The van der Waals surface area contributed by atoms with E-state index < -0.39 is 153 Å². The van der Waals surface area contributed by atoms with Crippen LogP contribution in [0.2, 0.25) is 0 Å². The molecule has 0 aliphatic carbocycles. The lowest BCUT2D eigenvalue weighted by Gasteiger charge is -2.31. The van der Waals surface area contributed by atoms with Crippen molar-refractivity contribution in [3.05, 3.63) is 104 Å². The van der Waals surface area contributed by atoms with Crippen LogP contribution in [0.25, 0.3) is 22.3 Å². The summed E-state index contributed by atoms with van der Waals surface area (Å²) in [5.74, 6) is -9.90. The summed E-state index contributed by atoms with van der Waals surface area (Å²) >= 11 is 0. The van der Waals surface area contributed by atoms with Crippen molar-refractivity contribution in [2.75, 3.05) is 72.3 Å². The van der Waals surface area contributed by atoms with E-state index in [1.807, 2.05) is 6.92 Å². The summed E-state index contributed by atoms with van der Waals surface area (Å²) in [6.07, 6.45) is 6.60. The monoisotopic (exact) mass is 1850 g/mol. The SMILES string of the molecule is CCc1c2c(nc3cc(F)c(OCCNC(=O)[C@H](C)NC(=O)[C@H](C)NC(=O)[C@H](C)NC(=O)[C@H](CCCCNC(=O)c4ccc(C(=O)NCCOCCOCCNC(=O)CCCCCCCNC(=O)CC[C@H](NC(=O)N[C@@H](CCC(=O)OC(C)(C)C)C(=O)OC(C)(C)C)C(=O)OC(C)(C)C)cc4)NC(=O)CCCN4C(=O)C=CC4=O)cc13)-c1cc3c(c(=O)n1C2)COC(=O)[C@]3(O)CC. The number of ether oxygens (including phenoxy) is 7. The second-order valence-corrected chi connectivity index (χ2v) is 35.4. The molecule has 0 fully saturated rings. The third-order valence-electron chi connectivity index (χ3n) is 21.2. The van der Waals surface area contributed by atoms with Crippen LogP contribution in [0.4, 0.5) is 9.18 Å². The molecule has 40 heteroatoms. The van der Waals surface area contributed by atoms with Crippen LogP contribution in [0, 0.1) is 5.82 Å². The molecule has 132 heavy (non-hydrogen) atoms. The molecule has 4 aromatic rings. The van der Waals surface area contributed by atoms with E-state index in [1.165, 1.54) is 61.7 Å². The third kappa shape index (κ3) is 33.5. The molecule has 2 aromatic carbocycles. The molecule has 2 aromatic heterocycles. The number of nitrogens with one attached hydrogen (secondary N) is 11. The Morgan fingerprint density at radius 2 is 1.03 bits per heavy atom. The summed E-state index contributed by atoms with van der Waals surface area (Å²) in [5, 5.41) is 40.9. The molecule has 0 bridgehead atoms. The fourth-order valence-corrected chi connectivity index (χ4v) is 14.3. The van der Waals surface area contributed by atoms with Crippen molar-refractivity contribution in [3.63, 3.8) is 0 Å². The van der Waals surface area contributed by atoms with Crippen molar-refractivity contribution < 1.29 is 119 Å². The first-order valence-electron chi connectivity index (χ1n) is 44.9. The summed E-state index contributed by atoms with van der Waals surface area (Å²) in [7, 11) is 0. The lowest BCUT2D eigenvalue weighted by molar-refractivity contribution is -0.172. The zero-order chi connectivity index (χ0) is 97.4. The molecule has 3 aliphatic heterocycles. The number of nitrogens with zero attached hydrogens (tertiary/aromatic N) is 3. The van der Waals surface area contributed by atoms with Crippen LogP contribution in [0.15, 0.2) is 59.4 Å². The lowest BCUT2D eigenvalue weighted by Crippen LogP contribution is -2.56. The maximum absolute atomic E-state index is 15.7. The highest BCUT2D eigenvalue weighted by atomic mass is 19.1. The van der Waals surface area contributed by atoms with E-state index in [0.717, 1.165) is 41.9 Å². The van der Waals surface area contributed by atoms with Gasteiger partial charge in [0.05, 0.1) is 62.0 Å². The van der Waals surface area contributed by atoms with Gasteiger partial charge in [-0.1, -0.05) is 33.1 Å². The molecule has 7 rings (SSSR count). The van der Waals surface area contributed by atoms with Crippen molar-refractivity contribution in [2.45, 2.75) is 278 Å². The molecule has 39 nitrogen and oxygen atoms in total. The van der Waals surface area contributed by atoms with E-state index in [0.29, 0.717) is 67.5 Å². The molecule has 0 saturated carbocycles. The lowest BCUT2D eigenvalue weighted by atomic mass is 9.86. The minimum absolute atomic E-state index is 0.0283. The maximum atomic E-state index is 15.7. The molecule has 0 radical (unpaired) electrons. The third-order valence-corrected chi connectivity index (χ3v) is 21.2. The van der Waals surface area contributed by atoms with Gasteiger partial charge >= 0.3 is 29.9 Å². The van der Waals surface area contributed by atoms with Gasteiger partial charge in [-0.25, -0.2) is 28.6 Å². The molecule has 7 atom stereocenters. The number of aromatic nitrogens is 2. The number of hydrogen-bond donors (Lipinski definition) is 12. The van der Waals surface area contributed by atoms with E-state index in [-0.39, 0.29) is 175 Å². The number of aliphatic hydroxyl groups is 1. The molecule has 0 unspecified atom stereocenters. The molecular weight excluding hydrogens is 1720 g/mol. The van der Waals surface area contributed by atoms with Gasteiger partial charge in [-0.2, -0.15) is 0 Å². The molecule has 3 aliphatic rings. The second kappa shape index (κ2) is 50.3. The molecule has 0 saturated heterocycles. The van der Waals surface area contributed by atoms with Crippen LogP contribution in [0.3, 0.4) is 0 Å². The number of cyclic esters (lactones) is 1. The Kier molecular flexibility index (Phi) is 40.7. The summed E-state index contributed by atoms with van der Waals surface area (Å²) in [5.41, 5.74) is -1.70. The minimum Gasteiger partial charge on any atom is -0.489 e. The molecule has 13 amide bonds. The van der Waals surface area contributed by atoms with Gasteiger partial charge in [-0.05, 0) is 189 Å². The van der Waals surface area contributed by atoms with Crippen molar-refractivity contribution in [1.82, 2.24) is 72.9 Å². The molecule has 0 spiro atoms. The molecule has 724 valence electrons. The van der Waals surface area contributed by atoms with Crippen LogP contribution in [0.1, 0.15) is 243 Å². The Morgan fingerprint density at radius 3 is 1.61 bits per heavy atom. The van der Waals surface area contributed by atoms with Gasteiger partial charge in [0, 0.05) is 104 Å². The smallest absolute Gasteiger partial charge is 0.343 e. The summed E-state index contributed by atoms with van der Waals surface area (Å²) in [6.45, 7) is 23.9. The predicted molar refractivity (Wildman–Crippen MR) is 478 cm³/mol. The highest BCUT2D eigenvalue weighted by Gasteiger charge is 2.46. The Morgan fingerprint density at radius 1 is 0.523 bits per heavy atom. The van der Waals surface area contributed by atoms with Gasteiger partial charge in [0.2, 0.25) is 41.4 Å². The van der Waals surface area contributed by atoms with Crippen molar-refractivity contribution in [2.24, 2.45) is 0 Å². The number of carbonyl (C=O) groups is 16. The number of benzene rings is 2. The predicted octanol–water partition coefficient (Wildman–Crippen LogP) is 4.54. The van der Waals surface area contributed by atoms with Gasteiger partial charge in [-0.3, -0.25) is 67.2 Å². The average molecular weight is 1850 g/mol. The topological polar surface area (TPSA) is 528 Å². The van der Waals surface area contributed by atoms with Gasteiger partial charge in [0.15, 0.2) is 17.2 Å². The number of halogens is 1. The Labute approximate surface area is 766 Å². The van der Waals surface area contributed by atoms with E-state index >= 15 is 4.39 Å². The Balaban J connectivity index is 0.732. The van der Waals surface area contributed by atoms with Gasteiger partial charge in [-0.15, -0.1) is 0 Å². The first-order valence-corrected chi connectivity index (χ1v) is 44.9. The second-order valence-electron chi connectivity index (χ2n) is 35.4. The number of aryl methyl sites for hydroxylation is 1. The zero-order valence-electron chi connectivity index (χ0n) is 77.8. The van der Waals surface area contributed by atoms with Crippen LogP contribution in [-0.2, 0) is 116 Å². The first kappa shape index (κ1) is 107. The van der Waals surface area contributed by atoms with Crippen LogP contribution in [-0.4, -0.2) is 240 Å². The van der Waals surface area contributed by atoms with E-state index in [2.05, 4.69) is 58.5 Å². The minimum atomic E-state index is -2.03. The van der Waals surface area contributed by atoms with Crippen molar-refractivity contribution >= 4 is 106 Å². The average Bonchev–Trinajstić information content (AvgIpc) is 1.53. The highest BCUT2D eigenvalue weighted by molar-refractivity contribution is 6.13. The number of unbranched alkanes of at least 4 members (excludes halogenated alkanes) is 5. The number of imide groups is 1. The normalized spacial score (nSPS) is 15.2. The summed E-state index contributed by atoms with van der Waals surface area (Å²) < 4.78 is 55.7. The van der Waals surface area contributed by atoms with Crippen LogP contribution in [0.5, 0.6) is 5.75 Å². The number of esters is 4. The summed E-state index contributed by atoms with van der Waals surface area (Å²) in [6, 6.07) is 1.88. The molecule has 5 heterocycles. The molecular formula is C92H129FN14O25. The fourth-order valence-electron chi connectivity index (χ4n) is 14.3. The number of urea groups is 1. The van der Waals surface area contributed by atoms with Gasteiger partial charge < -0.3 is 101 Å². The largest absolute Gasteiger partial charge is 0.489 e. The number of carbonyl (C=O) groups excluding carboxylic acids is 16. The Bertz CT molecular complexity index is 4900. The number of hydrogen-bond acceptors (Lipinski definition) is 26. The number of fused-ring (bicyclic) bond motifs is 5. The maximum Gasteiger partial charge on any atom is 0.343 e. The Hall–Kier alpha value is -12.3. The van der Waals surface area contributed by atoms with Crippen molar-refractivity contribution in [3.8, 4) is 17.1 Å². The first-order chi connectivity index (χ1) is 62.3. The van der Waals surface area contributed by atoms with Gasteiger partial charge in [0.1, 0.15) is 66.3 Å². The standard InChI is InChI=1S/C92H129FN14O25/c1-15-59-60-49-70(64(93)51-68(60)103-77-61(59)52-107-69(77)50-63-62(84(107)120)53-129-87(123)92(63,125)16-2)128-46-42-97-78(114)54(3)99-79(115)55(4)100-80(116)56(5)101-83(119)65(102-73(110)27-24-43-106-74(111)35-36-75(106)112)25-21-23-39-96-81(117)57-28-30-58(31-29-57)82(118)98-41-45-127-48-47-126-44-40-95-71(108)26-20-18-17-19-22-38-94-72(109)34-32-66(85(121)131-90(9,10)11)104-88(124)105-67(86(122)132-91(12,13)14)33-37-76(113)130-89(6,7)8/h28-31,35-36,49-51,54-56,65-67,125H,15-27,32-34,37-48,52-53H2,1-14H3,(H,94,109)(H,95,108)(H,96,117)(H,97,114)(H,98,118)(H,99,115)(H,100,116)(H,101,119)(H,102,110)(H2,104,105,124)/t54-,55-,56-,65-,66-,67-,92-/m0/s1. The van der Waals surface area contributed by atoms with E-state index in [4.69, 9.17) is 38.1 Å². The van der Waals surface area contributed by atoms with Gasteiger partial charge in [0.25, 0.3) is 29.2 Å². The van der Waals surface area contributed by atoms with E-state index in [9.17, 15) is 86.6 Å². The highest BCUT2D eigenvalue weighted by Crippen LogP contribution is 2.41. The number of pyridine rings is 2. The fraction of sp³-hybridized carbons (Fsp3) is 0.587. The molecule has 12 N–H and O–H groups in total. The summed E-state index contributed by atoms with van der Waals surface area (Å²) in [4.78, 5) is 227.